The number of carbonyl (C=O) groups excluding carboxylic acids is 1. The second-order valence-corrected chi connectivity index (χ2v) is 8.36. The van der Waals surface area contributed by atoms with Crippen LogP contribution in [-0.2, 0) is 16.1 Å². The zero-order chi connectivity index (χ0) is 26.1. The molecule has 1 fully saturated rings. The van der Waals surface area contributed by atoms with Gasteiger partial charge in [0.15, 0.2) is 35.1 Å². The van der Waals surface area contributed by atoms with Crippen LogP contribution < -0.4 is 15.4 Å². The number of amides is 1. The quantitative estimate of drug-likeness (QED) is 0.284. The Kier molecular flexibility index (Phi) is 6.65. The van der Waals surface area contributed by atoms with Gasteiger partial charge in [0.25, 0.3) is 5.91 Å². The molecule has 13 heteroatoms. The van der Waals surface area contributed by atoms with Crippen molar-refractivity contribution in [1.29, 1.82) is 0 Å². The van der Waals surface area contributed by atoms with Gasteiger partial charge in [-0.3, -0.25) is 14.3 Å². The van der Waals surface area contributed by atoms with E-state index in [0.717, 1.165) is 11.8 Å². The average molecular weight is 509 g/mol. The number of carbonyl (C=O) groups is 1. The zero-order valence-electron chi connectivity index (χ0n) is 19.9. The standard InChI is InChI=1S/C24H24FN7O5/c1-26-23(35)19-17(33)18(34)24(37-19)32-11-29-16-21(28-8-12-4-3-5-15(6-12)36-2)30-20(31-22(16)32)13-7-14(25)10-27-9-13/h3-7,9-11,17-19,24,33-34H,8H2,1-2H3,(H,26,35)(H,28,30,31). The molecule has 4 N–H and O–H groups in total. The molecule has 0 radical (unpaired) electrons. The third-order valence-corrected chi connectivity index (χ3v) is 6.00. The molecule has 4 heterocycles. The highest BCUT2D eigenvalue weighted by molar-refractivity contribution is 5.85. The van der Waals surface area contributed by atoms with Crippen molar-refractivity contribution in [3.8, 4) is 17.1 Å². The van der Waals surface area contributed by atoms with E-state index in [1.807, 2.05) is 24.3 Å². The number of hydrogen-bond acceptors (Lipinski definition) is 10. The Morgan fingerprint density at radius 1 is 1.22 bits per heavy atom. The first-order valence-electron chi connectivity index (χ1n) is 11.3. The molecule has 1 amide bonds. The summed E-state index contributed by atoms with van der Waals surface area (Å²) in [6, 6.07) is 8.71. The summed E-state index contributed by atoms with van der Waals surface area (Å²) in [5, 5.41) is 26.7. The molecule has 1 aromatic carbocycles. The van der Waals surface area contributed by atoms with E-state index < -0.39 is 36.3 Å². The number of nitrogens with one attached hydrogen (secondary N) is 2. The minimum Gasteiger partial charge on any atom is -0.497 e. The minimum absolute atomic E-state index is 0.144. The monoisotopic (exact) mass is 509 g/mol. The van der Waals surface area contributed by atoms with Crippen molar-refractivity contribution in [3.05, 3.63) is 60.4 Å². The number of fused-ring (bicyclic) bond motifs is 1. The summed E-state index contributed by atoms with van der Waals surface area (Å²) in [6.07, 6.45) is -1.51. The van der Waals surface area contributed by atoms with Crippen LogP contribution in [0.5, 0.6) is 5.75 Å². The molecule has 3 aromatic heterocycles. The summed E-state index contributed by atoms with van der Waals surface area (Å²) in [5.74, 6) is 0.0264. The number of pyridine rings is 1. The molecular weight excluding hydrogens is 485 g/mol. The number of imidazole rings is 1. The lowest BCUT2D eigenvalue weighted by atomic mass is 10.1. The van der Waals surface area contributed by atoms with Gasteiger partial charge in [0.1, 0.15) is 23.8 Å². The number of benzene rings is 1. The molecular formula is C24H24FN7O5. The van der Waals surface area contributed by atoms with Crippen molar-refractivity contribution >= 4 is 22.9 Å². The fourth-order valence-corrected chi connectivity index (χ4v) is 4.11. The fraction of sp³-hybridized carbons (Fsp3) is 0.292. The van der Waals surface area contributed by atoms with E-state index in [2.05, 4.69) is 30.6 Å². The van der Waals surface area contributed by atoms with E-state index in [1.165, 1.54) is 30.2 Å². The third kappa shape index (κ3) is 4.67. The number of likely N-dealkylation sites (N-methyl/N-ethyl adjacent to an activating group) is 1. The van der Waals surface area contributed by atoms with Crippen molar-refractivity contribution in [2.45, 2.75) is 31.1 Å². The minimum atomic E-state index is -1.47. The molecule has 0 aliphatic carbocycles. The van der Waals surface area contributed by atoms with Gasteiger partial charge in [0.2, 0.25) is 0 Å². The maximum Gasteiger partial charge on any atom is 0.251 e. The van der Waals surface area contributed by atoms with Gasteiger partial charge in [-0.05, 0) is 23.8 Å². The number of halogens is 1. The van der Waals surface area contributed by atoms with Crippen LogP contribution in [0.15, 0.2) is 49.1 Å². The number of nitrogens with zero attached hydrogens (tertiary/aromatic N) is 5. The molecule has 0 bridgehead atoms. The van der Waals surface area contributed by atoms with E-state index in [1.54, 1.807) is 7.11 Å². The number of aliphatic hydroxyl groups is 2. The Morgan fingerprint density at radius 2 is 2.05 bits per heavy atom. The lowest BCUT2D eigenvalue weighted by molar-refractivity contribution is -0.137. The molecule has 0 saturated carbocycles. The van der Waals surface area contributed by atoms with Crippen LogP contribution in [0.2, 0.25) is 0 Å². The third-order valence-electron chi connectivity index (χ3n) is 6.00. The molecule has 1 aliphatic rings. The van der Waals surface area contributed by atoms with Crippen LogP contribution in [0, 0.1) is 5.82 Å². The van der Waals surface area contributed by atoms with Crippen molar-refractivity contribution in [2.75, 3.05) is 19.5 Å². The average Bonchev–Trinajstić information content (AvgIpc) is 3.47. The van der Waals surface area contributed by atoms with Crippen molar-refractivity contribution in [3.63, 3.8) is 0 Å². The fourth-order valence-electron chi connectivity index (χ4n) is 4.11. The number of rotatable bonds is 7. The Labute approximate surface area is 210 Å². The van der Waals surface area contributed by atoms with E-state index in [4.69, 9.17) is 9.47 Å². The van der Waals surface area contributed by atoms with Crippen LogP contribution in [-0.4, -0.2) is 73.1 Å². The van der Waals surface area contributed by atoms with Gasteiger partial charge < -0.3 is 30.3 Å². The second-order valence-electron chi connectivity index (χ2n) is 8.36. The normalized spacial score (nSPS) is 21.2. The summed E-state index contributed by atoms with van der Waals surface area (Å²) in [6.45, 7) is 0.358. The van der Waals surface area contributed by atoms with E-state index >= 15 is 0 Å². The van der Waals surface area contributed by atoms with Crippen LogP contribution in [0.3, 0.4) is 0 Å². The number of anilines is 1. The van der Waals surface area contributed by atoms with E-state index in [-0.39, 0.29) is 11.5 Å². The van der Waals surface area contributed by atoms with Crippen molar-refractivity contribution in [1.82, 2.24) is 29.8 Å². The zero-order valence-corrected chi connectivity index (χ0v) is 19.9. The van der Waals surface area contributed by atoms with E-state index in [9.17, 15) is 19.4 Å². The van der Waals surface area contributed by atoms with Gasteiger partial charge in [-0.1, -0.05) is 12.1 Å². The van der Waals surface area contributed by atoms with E-state index in [0.29, 0.717) is 29.2 Å². The topological polar surface area (TPSA) is 157 Å². The maximum atomic E-state index is 13.9. The smallest absolute Gasteiger partial charge is 0.251 e. The Bertz CT molecular complexity index is 1450. The number of aliphatic hydroxyl groups excluding tert-OH is 2. The highest BCUT2D eigenvalue weighted by Crippen LogP contribution is 2.33. The van der Waals surface area contributed by atoms with Gasteiger partial charge in [-0.2, -0.15) is 0 Å². The van der Waals surface area contributed by atoms with Gasteiger partial charge in [0, 0.05) is 25.4 Å². The first-order chi connectivity index (χ1) is 17.9. The number of hydrogen-bond donors (Lipinski definition) is 4. The Balaban J connectivity index is 1.57. The summed E-state index contributed by atoms with van der Waals surface area (Å²) in [7, 11) is 2.98. The predicted octanol–water partition coefficient (Wildman–Crippen LogP) is 1.01. The first-order valence-corrected chi connectivity index (χ1v) is 11.3. The molecule has 1 saturated heterocycles. The summed E-state index contributed by atoms with van der Waals surface area (Å²) in [5.41, 5.74) is 1.79. The summed E-state index contributed by atoms with van der Waals surface area (Å²) in [4.78, 5) is 29.5. The second kappa shape index (κ2) is 10.0. The number of methoxy groups -OCH3 is 1. The van der Waals surface area contributed by atoms with Gasteiger partial charge in [-0.15, -0.1) is 0 Å². The van der Waals surface area contributed by atoms with Crippen molar-refractivity contribution in [2.24, 2.45) is 0 Å². The van der Waals surface area contributed by atoms with Gasteiger partial charge in [0.05, 0.1) is 19.6 Å². The molecule has 4 atom stereocenters. The summed E-state index contributed by atoms with van der Waals surface area (Å²) >= 11 is 0. The lowest BCUT2D eigenvalue weighted by Gasteiger charge is -2.17. The molecule has 12 nitrogen and oxygen atoms in total. The Morgan fingerprint density at radius 3 is 2.81 bits per heavy atom. The lowest BCUT2D eigenvalue weighted by Crippen LogP contribution is -2.41. The predicted molar refractivity (Wildman–Crippen MR) is 129 cm³/mol. The molecule has 4 aromatic rings. The van der Waals surface area contributed by atoms with Gasteiger partial charge >= 0.3 is 0 Å². The first kappa shape index (κ1) is 24.5. The number of aromatic nitrogens is 5. The van der Waals surface area contributed by atoms with Crippen LogP contribution >= 0.6 is 0 Å². The number of ether oxygens (including phenoxy) is 2. The molecule has 1 aliphatic heterocycles. The SMILES string of the molecule is CNC(=O)C1OC(n2cnc3c(NCc4cccc(OC)c4)nc(-c4cncc(F)c4)nc32)C(O)C1O. The van der Waals surface area contributed by atoms with Crippen molar-refractivity contribution < 1.29 is 28.9 Å². The van der Waals surface area contributed by atoms with Gasteiger partial charge in [-0.25, -0.2) is 19.3 Å². The Hall–Kier alpha value is -4.20. The highest BCUT2D eigenvalue weighted by atomic mass is 19.1. The van der Waals surface area contributed by atoms with Crippen LogP contribution in [0.4, 0.5) is 10.2 Å². The molecule has 192 valence electrons. The van der Waals surface area contributed by atoms with Crippen LogP contribution in [0.1, 0.15) is 11.8 Å². The maximum absolute atomic E-state index is 13.9. The highest BCUT2D eigenvalue weighted by Gasteiger charge is 2.47. The molecule has 5 rings (SSSR count). The largest absolute Gasteiger partial charge is 0.497 e. The summed E-state index contributed by atoms with van der Waals surface area (Å²) < 4.78 is 26.3. The molecule has 4 unspecified atom stereocenters. The molecule has 37 heavy (non-hydrogen) atoms. The van der Waals surface area contributed by atoms with Crippen LogP contribution in [0.25, 0.3) is 22.6 Å². The molecule has 0 spiro atoms.